The van der Waals surface area contributed by atoms with Gasteiger partial charge in [-0.2, -0.15) is 0 Å². The minimum atomic E-state index is -0.735. The van der Waals surface area contributed by atoms with Crippen LogP contribution < -0.4 is 0 Å². The smallest absolute Gasteiger partial charge is 0.158 e. The van der Waals surface area contributed by atoms with E-state index in [4.69, 9.17) is 5.11 Å². The highest BCUT2D eigenvalue weighted by Gasteiger charge is 2.39. The number of hydrogen-bond donors (Lipinski definition) is 3. The Morgan fingerprint density at radius 3 is 2.59 bits per heavy atom. The second-order valence-electron chi connectivity index (χ2n) is 8.30. The van der Waals surface area contributed by atoms with Crippen LogP contribution in [0.2, 0.25) is 0 Å². The summed E-state index contributed by atoms with van der Waals surface area (Å²) in [4.78, 5) is 23.3. The van der Waals surface area contributed by atoms with E-state index in [0.29, 0.717) is 12.8 Å². The molecule has 156 valence electrons. The van der Waals surface area contributed by atoms with E-state index in [2.05, 4.69) is 6.92 Å². The van der Waals surface area contributed by atoms with Gasteiger partial charge >= 0.3 is 0 Å². The second-order valence-corrected chi connectivity index (χ2v) is 8.30. The third kappa shape index (κ3) is 9.13. The largest absolute Gasteiger partial charge is 0.392 e. The summed E-state index contributed by atoms with van der Waals surface area (Å²) in [5.41, 5.74) is -0.735. The van der Waals surface area contributed by atoms with Crippen molar-refractivity contribution in [3.63, 3.8) is 0 Å². The van der Waals surface area contributed by atoms with Crippen LogP contribution in [0.4, 0.5) is 0 Å². The number of ketones is 2. The average molecular weight is 383 g/mol. The van der Waals surface area contributed by atoms with Crippen LogP contribution in [0.1, 0.15) is 84.5 Å². The molecule has 1 aliphatic rings. The van der Waals surface area contributed by atoms with Crippen molar-refractivity contribution < 1.29 is 24.9 Å². The first-order chi connectivity index (χ1) is 12.8. The Labute approximate surface area is 163 Å². The zero-order chi connectivity index (χ0) is 20.3. The number of aliphatic hydroxyl groups is 3. The van der Waals surface area contributed by atoms with Crippen molar-refractivity contribution in [2.75, 3.05) is 6.61 Å². The number of hydrogen-bond acceptors (Lipinski definition) is 5. The summed E-state index contributed by atoms with van der Waals surface area (Å²) in [6, 6.07) is 0. The Balaban J connectivity index is 2.42. The Bertz CT molecular complexity index is 483. The van der Waals surface area contributed by atoms with Gasteiger partial charge in [0.05, 0.1) is 11.7 Å². The van der Waals surface area contributed by atoms with E-state index >= 15 is 0 Å². The molecule has 1 rings (SSSR count). The predicted octanol–water partition coefficient (Wildman–Crippen LogP) is 3.34. The zero-order valence-electron chi connectivity index (χ0n) is 17.0. The molecule has 1 saturated carbocycles. The number of Topliss-reactive ketones (excluding diaryl/α,β-unsaturated/α-hetero) is 2. The molecule has 5 nitrogen and oxygen atoms in total. The van der Waals surface area contributed by atoms with Gasteiger partial charge in [0, 0.05) is 24.7 Å². The fourth-order valence-electron chi connectivity index (χ4n) is 3.85. The number of unbranched alkanes of at least 4 members (excludes halogenated alkanes) is 4. The van der Waals surface area contributed by atoms with Crippen LogP contribution in [-0.4, -0.2) is 45.2 Å². The van der Waals surface area contributed by atoms with Crippen molar-refractivity contribution in [1.82, 2.24) is 0 Å². The zero-order valence-corrected chi connectivity index (χ0v) is 17.0. The van der Waals surface area contributed by atoms with Gasteiger partial charge in [-0.1, -0.05) is 51.2 Å². The van der Waals surface area contributed by atoms with Crippen molar-refractivity contribution in [1.29, 1.82) is 0 Å². The van der Waals surface area contributed by atoms with Gasteiger partial charge in [-0.3, -0.25) is 9.59 Å². The summed E-state index contributed by atoms with van der Waals surface area (Å²) in [5.74, 6) is -0.291. The molecule has 4 atom stereocenters. The molecule has 1 aliphatic carbocycles. The van der Waals surface area contributed by atoms with Crippen LogP contribution in [0.3, 0.4) is 0 Å². The van der Waals surface area contributed by atoms with Crippen molar-refractivity contribution in [3.8, 4) is 0 Å². The van der Waals surface area contributed by atoms with Crippen molar-refractivity contribution >= 4 is 11.6 Å². The van der Waals surface area contributed by atoms with Crippen LogP contribution in [-0.2, 0) is 9.59 Å². The summed E-state index contributed by atoms with van der Waals surface area (Å²) in [6.07, 6.45) is 11.5. The monoisotopic (exact) mass is 382 g/mol. The van der Waals surface area contributed by atoms with E-state index in [1.807, 2.05) is 19.1 Å². The van der Waals surface area contributed by atoms with Gasteiger partial charge < -0.3 is 15.3 Å². The first-order valence-corrected chi connectivity index (χ1v) is 10.5. The lowest BCUT2D eigenvalue weighted by molar-refractivity contribution is -0.122. The molecule has 1 unspecified atom stereocenters. The van der Waals surface area contributed by atoms with Gasteiger partial charge in [-0.05, 0) is 32.6 Å². The molecule has 0 heterocycles. The lowest BCUT2D eigenvalue weighted by atomic mass is 9.87. The van der Waals surface area contributed by atoms with E-state index in [0.717, 1.165) is 51.4 Å². The van der Waals surface area contributed by atoms with Gasteiger partial charge in [-0.25, -0.2) is 0 Å². The lowest BCUT2D eigenvalue weighted by Crippen LogP contribution is -2.23. The molecule has 0 saturated heterocycles. The van der Waals surface area contributed by atoms with E-state index in [-0.39, 0.29) is 36.4 Å². The molecule has 0 aromatic rings. The van der Waals surface area contributed by atoms with Gasteiger partial charge in [-0.15, -0.1) is 0 Å². The summed E-state index contributed by atoms with van der Waals surface area (Å²) in [7, 11) is 0. The highest BCUT2D eigenvalue weighted by Crippen LogP contribution is 2.34. The maximum atomic E-state index is 12.2. The molecule has 0 aromatic heterocycles. The SMILES string of the molecule is CCCCC(C)(O)CC=C[C@H]1[C@H](O)CC(=O)[C@@H]1CCCCCCC(=O)CO. The van der Waals surface area contributed by atoms with Gasteiger partial charge in [0.25, 0.3) is 0 Å². The number of carbonyl (C=O) groups is 2. The molecule has 0 spiro atoms. The summed E-state index contributed by atoms with van der Waals surface area (Å²) >= 11 is 0. The summed E-state index contributed by atoms with van der Waals surface area (Å²) < 4.78 is 0. The van der Waals surface area contributed by atoms with Crippen molar-refractivity contribution in [2.45, 2.75) is 96.2 Å². The molecule has 1 fully saturated rings. The average Bonchev–Trinajstić information content (AvgIpc) is 2.89. The number of carbonyl (C=O) groups excluding carboxylic acids is 2. The van der Waals surface area contributed by atoms with E-state index in [1.54, 1.807) is 0 Å². The number of rotatable bonds is 14. The third-order valence-corrected chi connectivity index (χ3v) is 5.61. The number of aliphatic hydroxyl groups excluding tert-OH is 2. The Hall–Kier alpha value is -1.04. The first-order valence-electron chi connectivity index (χ1n) is 10.5. The molecule has 0 aliphatic heterocycles. The lowest BCUT2D eigenvalue weighted by Gasteiger charge is -2.22. The second kappa shape index (κ2) is 12.4. The van der Waals surface area contributed by atoms with Crippen LogP contribution in [0.25, 0.3) is 0 Å². The molecule has 5 heteroatoms. The minimum Gasteiger partial charge on any atom is -0.392 e. The van der Waals surface area contributed by atoms with Crippen LogP contribution >= 0.6 is 0 Å². The Morgan fingerprint density at radius 1 is 1.22 bits per heavy atom. The van der Waals surface area contributed by atoms with E-state index in [1.165, 1.54) is 0 Å². The normalized spacial score (nSPS) is 25.2. The molecule has 0 radical (unpaired) electrons. The standard InChI is InChI=1S/C22H38O5/c1-3-4-13-22(2,27)14-9-12-19-18(20(25)15-21(19)26)11-8-6-5-7-10-17(24)16-23/h9,12,18-19,21,23,26-27H,3-8,10-11,13-16H2,1-2H3/t18-,19-,21-,22?/m1/s1. The van der Waals surface area contributed by atoms with Crippen molar-refractivity contribution in [2.24, 2.45) is 11.8 Å². The highest BCUT2D eigenvalue weighted by molar-refractivity contribution is 5.84. The fourth-order valence-corrected chi connectivity index (χ4v) is 3.85. The maximum Gasteiger partial charge on any atom is 0.158 e. The van der Waals surface area contributed by atoms with Gasteiger partial charge in [0.15, 0.2) is 5.78 Å². The molecule has 3 N–H and O–H groups in total. The maximum absolute atomic E-state index is 12.2. The Kier molecular flexibility index (Phi) is 11.0. The van der Waals surface area contributed by atoms with Crippen LogP contribution in [0, 0.1) is 11.8 Å². The van der Waals surface area contributed by atoms with Gasteiger partial charge in [0.1, 0.15) is 12.4 Å². The highest BCUT2D eigenvalue weighted by atomic mass is 16.3. The predicted molar refractivity (Wildman–Crippen MR) is 106 cm³/mol. The fraction of sp³-hybridized carbons (Fsp3) is 0.818. The van der Waals surface area contributed by atoms with E-state index < -0.39 is 11.7 Å². The van der Waals surface area contributed by atoms with Crippen LogP contribution in [0.15, 0.2) is 12.2 Å². The third-order valence-electron chi connectivity index (χ3n) is 5.61. The quantitative estimate of drug-likeness (QED) is 0.316. The van der Waals surface area contributed by atoms with Crippen LogP contribution in [0.5, 0.6) is 0 Å². The molecular formula is C22H38O5. The van der Waals surface area contributed by atoms with E-state index in [9.17, 15) is 19.8 Å². The van der Waals surface area contributed by atoms with Gasteiger partial charge in [0.2, 0.25) is 0 Å². The Morgan fingerprint density at radius 2 is 1.93 bits per heavy atom. The molecule has 0 aromatic carbocycles. The topological polar surface area (TPSA) is 94.8 Å². The summed E-state index contributed by atoms with van der Waals surface area (Å²) in [6.45, 7) is 3.55. The molecule has 27 heavy (non-hydrogen) atoms. The minimum absolute atomic E-state index is 0.121. The first kappa shape index (κ1) is 24.0. The molecular weight excluding hydrogens is 344 g/mol. The molecule has 0 amide bonds. The van der Waals surface area contributed by atoms with Crippen molar-refractivity contribution in [3.05, 3.63) is 12.2 Å². The molecule has 0 bridgehead atoms. The summed E-state index contributed by atoms with van der Waals surface area (Å²) in [5, 5.41) is 29.3.